The molecule has 15 heavy (non-hydrogen) atoms. The zero-order valence-electron chi connectivity index (χ0n) is 9.45. The van der Waals surface area contributed by atoms with Gasteiger partial charge in [0.25, 0.3) is 0 Å². The monoisotopic (exact) mass is 215 g/mol. The molecule has 0 radical (unpaired) electrons. The Hall–Kier alpha value is -1.10. The molecule has 0 heterocycles. The van der Waals surface area contributed by atoms with Gasteiger partial charge in [0.05, 0.1) is 0 Å². The SMILES string of the molecule is CNC1CCC(NC(C)=O)CC1.NC=O. The van der Waals surface area contributed by atoms with Crippen molar-refractivity contribution in [2.75, 3.05) is 7.05 Å². The minimum absolute atomic E-state index is 0.0999. The normalized spacial score (nSPS) is 24.7. The summed E-state index contributed by atoms with van der Waals surface area (Å²) in [5, 5.41) is 6.22. The van der Waals surface area contributed by atoms with Crippen LogP contribution in [0.25, 0.3) is 0 Å². The summed E-state index contributed by atoms with van der Waals surface area (Å²) in [6.45, 7) is 1.59. The van der Waals surface area contributed by atoms with Gasteiger partial charge in [-0.3, -0.25) is 9.59 Å². The molecule has 0 bridgehead atoms. The van der Waals surface area contributed by atoms with Crippen LogP contribution in [-0.2, 0) is 9.59 Å². The molecule has 0 aromatic carbocycles. The largest absolute Gasteiger partial charge is 0.372 e. The summed E-state index contributed by atoms with van der Waals surface area (Å²) >= 11 is 0. The third-order valence-electron chi connectivity index (χ3n) is 2.54. The number of amides is 2. The number of rotatable bonds is 2. The number of carbonyl (C=O) groups excluding carboxylic acids is 2. The van der Waals surface area contributed by atoms with Gasteiger partial charge in [0.15, 0.2) is 0 Å². The maximum atomic E-state index is 10.7. The molecule has 0 atom stereocenters. The number of nitrogens with two attached hydrogens (primary N) is 1. The molecular weight excluding hydrogens is 194 g/mol. The summed E-state index contributed by atoms with van der Waals surface area (Å²) in [4.78, 5) is 19.3. The lowest BCUT2D eigenvalue weighted by molar-refractivity contribution is -0.119. The second kappa shape index (κ2) is 8.23. The van der Waals surface area contributed by atoms with Crippen molar-refractivity contribution >= 4 is 12.3 Å². The van der Waals surface area contributed by atoms with E-state index in [0.717, 1.165) is 12.8 Å². The molecule has 0 spiro atoms. The van der Waals surface area contributed by atoms with Gasteiger partial charge in [0.1, 0.15) is 0 Å². The quantitative estimate of drug-likeness (QED) is 0.556. The van der Waals surface area contributed by atoms with Gasteiger partial charge in [0.2, 0.25) is 12.3 Å². The van der Waals surface area contributed by atoms with Gasteiger partial charge < -0.3 is 16.4 Å². The summed E-state index contributed by atoms with van der Waals surface area (Å²) in [5.41, 5.74) is 4.17. The van der Waals surface area contributed by atoms with Gasteiger partial charge in [-0.05, 0) is 32.7 Å². The molecule has 4 N–H and O–H groups in total. The van der Waals surface area contributed by atoms with E-state index in [1.807, 2.05) is 7.05 Å². The minimum atomic E-state index is 0.0999. The van der Waals surface area contributed by atoms with Crippen LogP contribution in [0.4, 0.5) is 0 Å². The number of hydrogen-bond acceptors (Lipinski definition) is 3. The highest BCUT2D eigenvalue weighted by Gasteiger charge is 2.19. The lowest BCUT2D eigenvalue weighted by Crippen LogP contribution is -2.40. The smallest absolute Gasteiger partial charge is 0.217 e. The van der Waals surface area contributed by atoms with Crippen molar-refractivity contribution in [3.63, 3.8) is 0 Å². The van der Waals surface area contributed by atoms with Crippen LogP contribution < -0.4 is 16.4 Å². The Bertz CT molecular complexity index is 189. The van der Waals surface area contributed by atoms with E-state index in [1.54, 1.807) is 6.92 Å². The maximum Gasteiger partial charge on any atom is 0.217 e. The number of nitrogens with one attached hydrogen (secondary N) is 2. The first-order chi connectivity index (χ1) is 7.13. The minimum Gasteiger partial charge on any atom is -0.372 e. The lowest BCUT2D eigenvalue weighted by Gasteiger charge is -2.28. The van der Waals surface area contributed by atoms with E-state index in [1.165, 1.54) is 12.8 Å². The van der Waals surface area contributed by atoms with Crippen molar-refractivity contribution in [2.24, 2.45) is 5.73 Å². The van der Waals surface area contributed by atoms with Crippen LogP contribution in [0.15, 0.2) is 0 Å². The van der Waals surface area contributed by atoms with Crippen LogP contribution in [-0.4, -0.2) is 31.4 Å². The highest BCUT2D eigenvalue weighted by molar-refractivity contribution is 5.73. The Kier molecular flexibility index (Phi) is 7.62. The first kappa shape index (κ1) is 13.9. The highest BCUT2D eigenvalue weighted by atomic mass is 16.1. The molecule has 88 valence electrons. The molecule has 0 unspecified atom stereocenters. The zero-order valence-corrected chi connectivity index (χ0v) is 9.45. The van der Waals surface area contributed by atoms with Gasteiger partial charge in [-0.25, -0.2) is 0 Å². The van der Waals surface area contributed by atoms with E-state index in [9.17, 15) is 4.79 Å². The first-order valence-corrected chi connectivity index (χ1v) is 5.23. The van der Waals surface area contributed by atoms with E-state index in [-0.39, 0.29) is 12.3 Å². The average molecular weight is 215 g/mol. The second-order valence-corrected chi connectivity index (χ2v) is 3.67. The predicted octanol–water partition coefficient (Wildman–Crippen LogP) is -0.245. The van der Waals surface area contributed by atoms with Crippen LogP contribution in [0.5, 0.6) is 0 Å². The van der Waals surface area contributed by atoms with Crippen LogP contribution in [0.3, 0.4) is 0 Å². The molecule has 1 rings (SSSR count). The number of hydrogen-bond donors (Lipinski definition) is 3. The van der Waals surface area contributed by atoms with Crippen molar-refractivity contribution < 1.29 is 9.59 Å². The molecule has 0 aromatic heterocycles. The Balaban J connectivity index is 0.000000583. The van der Waals surface area contributed by atoms with E-state index in [4.69, 9.17) is 4.79 Å². The van der Waals surface area contributed by atoms with Crippen LogP contribution >= 0.6 is 0 Å². The van der Waals surface area contributed by atoms with E-state index < -0.39 is 0 Å². The molecule has 0 aliphatic heterocycles. The summed E-state index contributed by atoms with van der Waals surface area (Å²) in [5.74, 6) is 0.0999. The lowest BCUT2D eigenvalue weighted by atomic mass is 9.91. The molecule has 1 aliphatic rings. The summed E-state index contributed by atoms with van der Waals surface area (Å²) in [6.07, 6.45) is 4.85. The molecule has 0 saturated heterocycles. The van der Waals surface area contributed by atoms with Gasteiger partial charge in [-0.1, -0.05) is 0 Å². The molecule has 0 aromatic rings. The van der Waals surface area contributed by atoms with E-state index >= 15 is 0 Å². The van der Waals surface area contributed by atoms with Gasteiger partial charge in [0, 0.05) is 19.0 Å². The molecule has 1 aliphatic carbocycles. The standard InChI is InChI=1S/C9H18N2O.CH3NO/c1-7(12)11-9-5-3-8(10-2)4-6-9;2-1-3/h8-10H,3-6H2,1-2H3,(H,11,12);1H,(H2,2,3). The van der Waals surface area contributed by atoms with E-state index in [0.29, 0.717) is 12.1 Å². The van der Waals surface area contributed by atoms with Crippen LogP contribution in [0.1, 0.15) is 32.6 Å². The molecule has 2 amide bonds. The molecular formula is C10H21N3O2. The fraction of sp³-hybridized carbons (Fsp3) is 0.800. The summed E-state index contributed by atoms with van der Waals surface area (Å²) < 4.78 is 0. The maximum absolute atomic E-state index is 10.7. The van der Waals surface area contributed by atoms with E-state index in [2.05, 4.69) is 16.4 Å². The molecule has 5 heteroatoms. The Morgan fingerprint density at radius 3 is 2.00 bits per heavy atom. The zero-order chi connectivity index (χ0) is 11.7. The third kappa shape index (κ3) is 6.90. The third-order valence-corrected chi connectivity index (χ3v) is 2.54. The molecule has 1 fully saturated rings. The summed E-state index contributed by atoms with van der Waals surface area (Å²) in [6, 6.07) is 1.09. The van der Waals surface area contributed by atoms with Crippen molar-refractivity contribution in [3.8, 4) is 0 Å². The Morgan fingerprint density at radius 2 is 1.67 bits per heavy atom. The second-order valence-electron chi connectivity index (χ2n) is 3.67. The first-order valence-electron chi connectivity index (χ1n) is 5.23. The van der Waals surface area contributed by atoms with Gasteiger partial charge in [-0.15, -0.1) is 0 Å². The fourth-order valence-electron chi connectivity index (χ4n) is 1.81. The number of carbonyl (C=O) groups is 2. The number of primary amides is 1. The van der Waals surface area contributed by atoms with Crippen molar-refractivity contribution in [2.45, 2.75) is 44.7 Å². The van der Waals surface area contributed by atoms with Gasteiger partial charge in [-0.2, -0.15) is 0 Å². The Morgan fingerprint density at radius 1 is 1.27 bits per heavy atom. The predicted molar refractivity (Wildman–Crippen MR) is 59.2 cm³/mol. The summed E-state index contributed by atoms with van der Waals surface area (Å²) in [7, 11) is 2.00. The van der Waals surface area contributed by atoms with Crippen molar-refractivity contribution in [1.82, 2.24) is 10.6 Å². The topological polar surface area (TPSA) is 84.2 Å². The van der Waals surface area contributed by atoms with Gasteiger partial charge >= 0.3 is 0 Å². The molecule has 5 nitrogen and oxygen atoms in total. The van der Waals surface area contributed by atoms with Crippen LogP contribution in [0, 0.1) is 0 Å². The van der Waals surface area contributed by atoms with Crippen molar-refractivity contribution in [1.29, 1.82) is 0 Å². The average Bonchev–Trinajstić information content (AvgIpc) is 2.19. The molecule has 1 saturated carbocycles. The van der Waals surface area contributed by atoms with Crippen molar-refractivity contribution in [3.05, 3.63) is 0 Å². The highest BCUT2D eigenvalue weighted by Crippen LogP contribution is 2.17. The fourth-order valence-corrected chi connectivity index (χ4v) is 1.81. The van der Waals surface area contributed by atoms with Crippen LogP contribution in [0.2, 0.25) is 0 Å². The Labute approximate surface area is 90.8 Å².